The number of nitro groups is 1. The number of non-ortho nitro benzene ring substituents is 1. The second kappa shape index (κ2) is 9.52. The average molecular weight is 526 g/mol. The van der Waals surface area contributed by atoms with Gasteiger partial charge >= 0.3 is 0 Å². The molecule has 148 valence electrons. The molecule has 1 N–H and O–H groups in total. The number of benzene rings is 2. The number of carbonyl (C=O) groups is 1. The predicted octanol–water partition coefficient (Wildman–Crippen LogP) is 4.64. The lowest BCUT2D eigenvalue weighted by Gasteiger charge is -2.07. The van der Waals surface area contributed by atoms with Gasteiger partial charge in [-0.1, -0.05) is 23.7 Å². The van der Waals surface area contributed by atoms with Crippen LogP contribution in [0.15, 0.2) is 64.1 Å². The summed E-state index contributed by atoms with van der Waals surface area (Å²) in [5.41, 5.74) is 2.87. The van der Waals surface area contributed by atoms with Gasteiger partial charge in [0, 0.05) is 22.7 Å². The van der Waals surface area contributed by atoms with Gasteiger partial charge < -0.3 is 9.15 Å². The van der Waals surface area contributed by atoms with Crippen LogP contribution >= 0.6 is 34.2 Å². The molecule has 0 aliphatic carbocycles. The van der Waals surface area contributed by atoms with E-state index in [0.29, 0.717) is 27.9 Å². The van der Waals surface area contributed by atoms with Gasteiger partial charge in [-0.3, -0.25) is 14.9 Å². The molecule has 0 atom stereocenters. The molecule has 1 amide bonds. The first-order valence-electron chi connectivity index (χ1n) is 8.17. The smallest absolute Gasteiger partial charge is 0.277 e. The zero-order chi connectivity index (χ0) is 20.8. The third-order valence-corrected chi connectivity index (χ3v) is 4.68. The fourth-order valence-electron chi connectivity index (χ4n) is 2.29. The molecular formula is C19H13ClIN3O5. The minimum atomic E-state index is -0.475. The number of hydrogen-bond donors (Lipinski definition) is 1. The molecule has 29 heavy (non-hydrogen) atoms. The fraction of sp³-hybridized carbons (Fsp3) is 0.0526. The summed E-state index contributed by atoms with van der Waals surface area (Å²) in [6.07, 6.45) is 1.32. The molecule has 10 heteroatoms. The van der Waals surface area contributed by atoms with Crippen LogP contribution in [0.5, 0.6) is 5.75 Å². The molecule has 8 nitrogen and oxygen atoms in total. The zero-order valence-corrected chi connectivity index (χ0v) is 17.6. The predicted molar refractivity (Wildman–Crippen MR) is 116 cm³/mol. The standard InChI is InChI=1S/C19H13ClIN3O5/c20-13-4-6-18(16(21)9-13)28-11-19(25)23-22-10-15-5-7-17(29-15)12-2-1-3-14(8-12)24(26)27/h1-10H,11H2,(H,23,25). The van der Waals surface area contributed by atoms with Gasteiger partial charge in [0.25, 0.3) is 11.6 Å². The molecular weight excluding hydrogens is 513 g/mol. The normalized spacial score (nSPS) is 10.8. The Morgan fingerprint density at radius 1 is 1.28 bits per heavy atom. The quantitative estimate of drug-likeness (QED) is 0.209. The van der Waals surface area contributed by atoms with Gasteiger partial charge in [-0.2, -0.15) is 5.10 Å². The number of hydrogen-bond acceptors (Lipinski definition) is 6. The van der Waals surface area contributed by atoms with Gasteiger partial charge in [0.15, 0.2) is 6.61 Å². The lowest BCUT2D eigenvalue weighted by Crippen LogP contribution is -2.24. The summed E-state index contributed by atoms with van der Waals surface area (Å²) in [5, 5.41) is 15.3. The maximum absolute atomic E-state index is 11.8. The third kappa shape index (κ3) is 5.78. The molecule has 0 saturated carbocycles. The van der Waals surface area contributed by atoms with Gasteiger partial charge in [0.2, 0.25) is 0 Å². The Morgan fingerprint density at radius 2 is 2.10 bits per heavy atom. The summed E-state index contributed by atoms with van der Waals surface area (Å²) >= 11 is 7.93. The molecule has 0 radical (unpaired) electrons. The van der Waals surface area contributed by atoms with E-state index in [1.807, 2.05) is 0 Å². The van der Waals surface area contributed by atoms with E-state index in [0.717, 1.165) is 3.57 Å². The Hall–Kier alpha value is -2.92. The molecule has 0 spiro atoms. The first-order valence-corrected chi connectivity index (χ1v) is 9.62. The van der Waals surface area contributed by atoms with E-state index in [9.17, 15) is 14.9 Å². The molecule has 3 aromatic rings. The SMILES string of the molecule is O=C(COc1ccc(Cl)cc1I)NN=Cc1ccc(-c2cccc([N+](=O)[O-])c2)o1. The van der Waals surface area contributed by atoms with Crippen LogP contribution in [0.4, 0.5) is 5.69 Å². The molecule has 0 bridgehead atoms. The van der Waals surface area contributed by atoms with E-state index in [2.05, 4.69) is 33.1 Å². The highest BCUT2D eigenvalue weighted by molar-refractivity contribution is 14.1. The summed E-state index contributed by atoms with van der Waals surface area (Å²) < 4.78 is 11.8. The number of amides is 1. The van der Waals surface area contributed by atoms with Crippen molar-refractivity contribution in [3.63, 3.8) is 0 Å². The molecule has 0 saturated heterocycles. The lowest BCUT2D eigenvalue weighted by molar-refractivity contribution is -0.384. The van der Waals surface area contributed by atoms with Crippen molar-refractivity contribution in [1.29, 1.82) is 0 Å². The number of hydrazone groups is 1. The number of nitrogens with zero attached hydrogens (tertiary/aromatic N) is 2. The summed E-state index contributed by atoms with van der Waals surface area (Å²) in [6, 6.07) is 14.5. The van der Waals surface area contributed by atoms with Crippen LogP contribution in [0.25, 0.3) is 11.3 Å². The van der Waals surface area contributed by atoms with Crippen molar-refractivity contribution < 1.29 is 18.9 Å². The monoisotopic (exact) mass is 525 g/mol. The Morgan fingerprint density at radius 3 is 2.86 bits per heavy atom. The van der Waals surface area contributed by atoms with Crippen LogP contribution < -0.4 is 10.2 Å². The summed E-state index contributed by atoms with van der Waals surface area (Å²) in [5.74, 6) is 0.918. The fourth-order valence-corrected chi connectivity index (χ4v) is 3.31. The van der Waals surface area contributed by atoms with E-state index >= 15 is 0 Å². The van der Waals surface area contributed by atoms with Crippen LogP contribution in [-0.2, 0) is 4.79 Å². The van der Waals surface area contributed by atoms with Crippen molar-refractivity contribution in [2.24, 2.45) is 5.10 Å². The van der Waals surface area contributed by atoms with Crippen LogP contribution in [0.3, 0.4) is 0 Å². The Labute approximate surface area is 183 Å². The molecule has 0 aliphatic heterocycles. The van der Waals surface area contributed by atoms with Crippen LogP contribution in [0.1, 0.15) is 5.76 Å². The lowest BCUT2D eigenvalue weighted by atomic mass is 10.1. The van der Waals surface area contributed by atoms with Crippen LogP contribution in [0.2, 0.25) is 5.02 Å². The molecule has 3 rings (SSSR count). The van der Waals surface area contributed by atoms with E-state index in [4.69, 9.17) is 20.8 Å². The van der Waals surface area contributed by atoms with Crippen molar-refractivity contribution in [3.05, 3.63) is 79.1 Å². The number of ether oxygens (including phenoxy) is 1. The average Bonchev–Trinajstić information content (AvgIpc) is 3.16. The van der Waals surface area contributed by atoms with E-state index in [1.165, 1.54) is 18.3 Å². The Bertz CT molecular complexity index is 1080. The van der Waals surface area contributed by atoms with Crippen molar-refractivity contribution in [2.75, 3.05) is 6.61 Å². The van der Waals surface area contributed by atoms with E-state index < -0.39 is 10.8 Å². The van der Waals surface area contributed by atoms with Gasteiger partial charge in [0.1, 0.15) is 17.3 Å². The van der Waals surface area contributed by atoms with Crippen LogP contribution in [0, 0.1) is 13.7 Å². The molecule has 1 heterocycles. The minimum absolute atomic E-state index is 0.0308. The van der Waals surface area contributed by atoms with Crippen LogP contribution in [-0.4, -0.2) is 23.7 Å². The van der Waals surface area contributed by atoms with E-state index in [-0.39, 0.29) is 12.3 Å². The Kier molecular flexibility index (Phi) is 6.83. The topological polar surface area (TPSA) is 107 Å². The van der Waals surface area contributed by atoms with Gasteiger partial charge in [-0.05, 0) is 52.9 Å². The molecule has 0 unspecified atom stereocenters. The number of carbonyl (C=O) groups excluding carboxylic acids is 1. The van der Waals surface area contributed by atoms with Crippen molar-refractivity contribution in [1.82, 2.24) is 5.43 Å². The van der Waals surface area contributed by atoms with E-state index in [1.54, 1.807) is 42.5 Å². The van der Waals surface area contributed by atoms with Gasteiger partial charge in [-0.25, -0.2) is 5.43 Å². The molecule has 1 aromatic heterocycles. The largest absolute Gasteiger partial charge is 0.483 e. The van der Waals surface area contributed by atoms with Crippen molar-refractivity contribution in [3.8, 4) is 17.1 Å². The molecule has 0 fully saturated rings. The third-order valence-electron chi connectivity index (χ3n) is 3.60. The maximum Gasteiger partial charge on any atom is 0.277 e. The van der Waals surface area contributed by atoms with Crippen molar-refractivity contribution >= 4 is 52.0 Å². The minimum Gasteiger partial charge on any atom is -0.483 e. The van der Waals surface area contributed by atoms with Crippen molar-refractivity contribution in [2.45, 2.75) is 0 Å². The highest BCUT2D eigenvalue weighted by atomic mass is 127. The van der Waals surface area contributed by atoms with Gasteiger partial charge in [0.05, 0.1) is 14.7 Å². The highest BCUT2D eigenvalue weighted by Gasteiger charge is 2.10. The molecule has 0 aliphatic rings. The number of halogens is 2. The summed E-state index contributed by atoms with van der Waals surface area (Å²) in [7, 11) is 0. The number of nitrogens with one attached hydrogen (secondary N) is 1. The second-order valence-corrected chi connectivity index (χ2v) is 7.26. The zero-order valence-electron chi connectivity index (χ0n) is 14.7. The maximum atomic E-state index is 11.8. The first kappa shape index (κ1) is 20.8. The summed E-state index contributed by atoms with van der Waals surface area (Å²) in [4.78, 5) is 22.2. The summed E-state index contributed by atoms with van der Waals surface area (Å²) in [6.45, 7) is -0.216. The molecule has 2 aromatic carbocycles. The second-order valence-electron chi connectivity index (χ2n) is 5.67. The number of nitro benzene ring substituents is 1. The number of furan rings is 1. The highest BCUT2D eigenvalue weighted by Crippen LogP contribution is 2.25. The number of rotatable bonds is 7. The Balaban J connectivity index is 1.55. The first-order chi connectivity index (χ1) is 13.9. The van der Waals surface area contributed by atoms with Gasteiger partial charge in [-0.15, -0.1) is 0 Å².